The van der Waals surface area contributed by atoms with Crippen molar-refractivity contribution < 1.29 is 19.1 Å². The molecule has 3 fully saturated rings. The molecule has 0 amide bonds. The number of ketones is 1. The summed E-state index contributed by atoms with van der Waals surface area (Å²) in [6.07, 6.45) is 4.34. The van der Waals surface area contributed by atoms with Crippen LogP contribution in [0.1, 0.15) is 72.6 Å². The number of esters is 1. The van der Waals surface area contributed by atoms with Crippen LogP contribution in [0.5, 0.6) is 0 Å². The highest BCUT2D eigenvalue weighted by atomic mass is 16.6. The Morgan fingerprint density at radius 2 is 2.04 bits per heavy atom. The van der Waals surface area contributed by atoms with Crippen LogP contribution in [0.4, 0.5) is 0 Å². The molecule has 0 radical (unpaired) electrons. The van der Waals surface area contributed by atoms with Crippen molar-refractivity contribution in [2.75, 3.05) is 0 Å². The van der Waals surface area contributed by atoms with Crippen LogP contribution in [0.15, 0.2) is 24.3 Å². The molecule has 1 aliphatic carbocycles. The molecule has 0 aromatic heterocycles. The first-order chi connectivity index (χ1) is 13.2. The lowest BCUT2D eigenvalue weighted by Gasteiger charge is -2.45. The van der Waals surface area contributed by atoms with E-state index in [9.17, 15) is 9.59 Å². The summed E-state index contributed by atoms with van der Waals surface area (Å²) >= 11 is 0. The van der Waals surface area contributed by atoms with Gasteiger partial charge in [0.2, 0.25) is 0 Å². The second kappa shape index (κ2) is 8.14. The maximum absolute atomic E-state index is 12.6. The third-order valence-electron chi connectivity index (χ3n) is 7.20. The second-order valence-electron chi connectivity index (χ2n) is 9.57. The van der Waals surface area contributed by atoms with Crippen LogP contribution in [-0.4, -0.2) is 29.6 Å². The maximum atomic E-state index is 12.6. The molecule has 4 heteroatoms. The lowest BCUT2D eigenvalue weighted by Crippen LogP contribution is -2.50. The SMILES string of the molecule is C=C1C[C@H]2O[C@@H]([C@H]3[C@@H]2C(=C)CC[C@@H]3C(C)C)[C@](C)(OC(=O)CCC)CCC1=O. The number of hydrogen-bond acceptors (Lipinski definition) is 4. The standard InChI is InChI=1S/C24H36O4/c1-7-8-20(26)28-24(6)12-11-18(25)16(5)13-19-21-15(4)9-10-17(14(2)3)22(21)23(24)27-19/h14,17,19,21-23H,4-5,7-13H2,1-3,6H3/t17-,19-,21-,22-,23+,24-/m1/s1. The molecule has 156 valence electrons. The first-order valence-corrected chi connectivity index (χ1v) is 10.9. The van der Waals surface area contributed by atoms with E-state index in [0.717, 1.165) is 19.3 Å². The minimum Gasteiger partial charge on any atom is -0.457 e. The summed E-state index contributed by atoms with van der Waals surface area (Å²) < 4.78 is 12.7. The van der Waals surface area contributed by atoms with Crippen LogP contribution in [0.25, 0.3) is 0 Å². The zero-order valence-corrected chi connectivity index (χ0v) is 18.0. The summed E-state index contributed by atoms with van der Waals surface area (Å²) in [7, 11) is 0. The molecule has 2 saturated heterocycles. The van der Waals surface area contributed by atoms with Crippen molar-refractivity contribution in [3.63, 3.8) is 0 Å². The summed E-state index contributed by atoms with van der Waals surface area (Å²) in [5.74, 6) is 1.36. The molecule has 6 atom stereocenters. The predicted octanol–water partition coefficient (Wildman–Crippen LogP) is 5.02. The number of hydrogen-bond donors (Lipinski definition) is 0. The van der Waals surface area contributed by atoms with E-state index in [2.05, 4.69) is 27.0 Å². The first-order valence-electron chi connectivity index (χ1n) is 10.9. The monoisotopic (exact) mass is 388 g/mol. The van der Waals surface area contributed by atoms with E-state index in [0.29, 0.717) is 43.1 Å². The summed E-state index contributed by atoms with van der Waals surface area (Å²) in [4.78, 5) is 25.1. The van der Waals surface area contributed by atoms with Crippen LogP contribution < -0.4 is 0 Å². The lowest BCUT2D eigenvalue weighted by molar-refractivity contribution is -0.181. The van der Waals surface area contributed by atoms with Crippen LogP contribution >= 0.6 is 0 Å². The third kappa shape index (κ3) is 3.85. The van der Waals surface area contributed by atoms with Gasteiger partial charge in [0.1, 0.15) is 11.7 Å². The number of carbonyl (C=O) groups is 2. The Morgan fingerprint density at radius 3 is 2.68 bits per heavy atom. The van der Waals surface area contributed by atoms with Gasteiger partial charge in [-0.2, -0.15) is 0 Å². The van der Waals surface area contributed by atoms with Gasteiger partial charge in [0, 0.05) is 31.1 Å². The molecule has 3 aliphatic rings. The van der Waals surface area contributed by atoms with E-state index in [1.165, 1.54) is 5.57 Å². The highest BCUT2D eigenvalue weighted by Gasteiger charge is 2.58. The summed E-state index contributed by atoms with van der Waals surface area (Å²) in [5.41, 5.74) is 1.06. The van der Waals surface area contributed by atoms with Crippen LogP contribution in [0.3, 0.4) is 0 Å². The number of ether oxygens (including phenoxy) is 2. The highest BCUT2D eigenvalue weighted by Crippen LogP contribution is 2.55. The van der Waals surface area contributed by atoms with E-state index in [-0.39, 0.29) is 35.8 Å². The first kappa shape index (κ1) is 21.3. The van der Waals surface area contributed by atoms with Gasteiger partial charge in [0.15, 0.2) is 5.78 Å². The molecule has 0 aromatic rings. The molecule has 1 saturated carbocycles. The van der Waals surface area contributed by atoms with Crippen molar-refractivity contribution >= 4 is 11.8 Å². The van der Waals surface area contributed by atoms with Crippen molar-refractivity contribution in [2.24, 2.45) is 23.7 Å². The Bertz CT molecular complexity index is 664. The van der Waals surface area contributed by atoms with Crippen molar-refractivity contribution in [3.8, 4) is 0 Å². The van der Waals surface area contributed by atoms with E-state index in [1.54, 1.807) is 0 Å². The smallest absolute Gasteiger partial charge is 0.306 e. The van der Waals surface area contributed by atoms with E-state index >= 15 is 0 Å². The molecular weight excluding hydrogens is 352 g/mol. The van der Waals surface area contributed by atoms with Gasteiger partial charge in [-0.1, -0.05) is 39.5 Å². The van der Waals surface area contributed by atoms with E-state index in [1.807, 2.05) is 13.8 Å². The molecule has 0 spiro atoms. The van der Waals surface area contributed by atoms with Gasteiger partial charge in [-0.15, -0.1) is 0 Å². The topological polar surface area (TPSA) is 52.6 Å². The van der Waals surface area contributed by atoms with Crippen molar-refractivity contribution in [3.05, 3.63) is 24.3 Å². The molecule has 2 bridgehead atoms. The molecule has 0 aromatic carbocycles. The molecule has 2 heterocycles. The molecule has 4 nitrogen and oxygen atoms in total. The Hall–Kier alpha value is -1.42. The van der Waals surface area contributed by atoms with Crippen molar-refractivity contribution in [2.45, 2.75) is 90.4 Å². The quantitative estimate of drug-likeness (QED) is 0.385. The molecule has 0 unspecified atom stereocenters. The Labute approximate surface area is 169 Å². The third-order valence-corrected chi connectivity index (χ3v) is 7.20. The Morgan fingerprint density at radius 1 is 1.32 bits per heavy atom. The fourth-order valence-corrected chi connectivity index (χ4v) is 5.70. The Kier molecular flexibility index (Phi) is 6.19. The van der Waals surface area contributed by atoms with Gasteiger partial charge in [0.25, 0.3) is 0 Å². The predicted molar refractivity (Wildman–Crippen MR) is 110 cm³/mol. The van der Waals surface area contributed by atoms with E-state index < -0.39 is 5.60 Å². The molecular formula is C24H36O4. The molecule has 3 rings (SSSR count). The molecule has 28 heavy (non-hydrogen) atoms. The van der Waals surface area contributed by atoms with Gasteiger partial charge < -0.3 is 9.47 Å². The fourth-order valence-electron chi connectivity index (χ4n) is 5.70. The summed E-state index contributed by atoms with van der Waals surface area (Å²) in [5, 5.41) is 0. The number of carbonyl (C=O) groups excluding carboxylic acids is 2. The second-order valence-corrected chi connectivity index (χ2v) is 9.57. The summed E-state index contributed by atoms with van der Waals surface area (Å²) in [6, 6.07) is 0. The van der Waals surface area contributed by atoms with Gasteiger partial charge in [-0.3, -0.25) is 9.59 Å². The number of fused-ring (bicyclic) bond motifs is 5. The van der Waals surface area contributed by atoms with Crippen LogP contribution in [-0.2, 0) is 19.1 Å². The summed E-state index contributed by atoms with van der Waals surface area (Å²) in [6.45, 7) is 16.9. The number of Topliss-reactive ketones (excluding diaryl/α,β-unsaturated/α-hetero) is 1. The highest BCUT2D eigenvalue weighted by molar-refractivity contribution is 5.94. The minimum atomic E-state index is -0.797. The van der Waals surface area contributed by atoms with Gasteiger partial charge in [-0.05, 0) is 50.0 Å². The van der Waals surface area contributed by atoms with Gasteiger partial charge in [0.05, 0.1) is 6.10 Å². The number of rotatable bonds is 4. The molecule has 2 aliphatic heterocycles. The zero-order valence-electron chi connectivity index (χ0n) is 18.0. The van der Waals surface area contributed by atoms with Crippen LogP contribution in [0, 0.1) is 23.7 Å². The van der Waals surface area contributed by atoms with E-state index in [4.69, 9.17) is 9.47 Å². The fraction of sp³-hybridized carbons (Fsp3) is 0.750. The largest absolute Gasteiger partial charge is 0.457 e. The normalized spacial score (nSPS) is 38.6. The van der Waals surface area contributed by atoms with Gasteiger partial charge in [-0.25, -0.2) is 0 Å². The minimum absolute atomic E-state index is 0.0623. The van der Waals surface area contributed by atoms with Gasteiger partial charge >= 0.3 is 5.97 Å². The zero-order chi connectivity index (χ0) is 20.6. The maximum Gasteiger partial charge on any atom is 0.306 e. The van der Waals surface area contributed by atoms with Crippen molar-refractivity contribution in [1.82, 2.24) is 0 Å². The average molecular weight is 389 g/mol. The average Bonchev–Trinajstić information content (AvgIpc) is 3.01. The molecule has 0 N–H and O–H groups in total. The lowest BCUT2D eigenvalue weighted by atomic mass is 9.61. The van der Waals surface area contributed by atoms with Crippen molar-refractivity contribution in [1.29, 1.82) is 0 Å². The Balaban J connectivity index is 2.03. The van der Waals surface area contributed by atoms with Crippen LogP contribution in [0.2, 0.25) is 0 Å².